The maximum Gasteiger partial charge on any atom is 0.323 e. The summed E-state index contributed by atoms with van der Waals surface area (Å²) in [5, 5.41) is 13.2. The highest BCUT2D eigenvalue weighted by Crippen LogP contribution is 2.17. The molecule has 2 amide bonds. The molecule has 1 unspecified atom stereocenters. The molecule has 0 spiro atoms. The maximum absolute atomic E-state index is 12.8. The van der Waals surface area contributed by atoms with Crippen molar-refractivity contribution in [2.75, 3.05) is 32.8 Å². The third-order valence-corrected chi connectivity index (χ3v) is 4.34. The lowest BCUT2D eigenvalue weighted by atomic mass is 10.1. The third-order valence-electron chi connectivity index (χ3n) is 4.34. The first kappa shape index (κ1) is 18.9. The van der Waals surface area contributed by atoms with Crippen LogP contribution in [0.25, 0.3) is 0 Å². The summed E-state index contributed by atoms with van der Waals surface area (Å²) >= 11 is 0. The van der Waals surface area contributed by atoms with Gasteiger partial charge in [0.15, 0.2) is 0 Å². The summed E-state index contributed by atoms with van der Waals surface area (Å²) in [7, 11) is 1.79. The molecule has 0 aliphatic carbocycles. The summed E-state index contributed by atoms with van der Waals surface area (Å²) in [6.45, 7) is 5.79. The first-order valence-corrected chi connectivity index (χ1v) is 8.09. The van der Waals surface area contributed by atoms with Crippen molar-refractivity contribution in [1.29, 1.82) is 0 Å². The Labute approximate surface area is 146 Å². The van der Waals surface area contributed by atoms with E-state index in [1.165, 1.54) is 11.8 Å². The number of carboxylic acid groups (broad SMARTS) is 1. The number of carbonyl (C=O) groups is 3. The zero-order valence-corrected chi connectivity index (χ0v) is 15.0. The summed E-state index contributed by atoms with van der Waals surface area (Å²) in [4.78, 5) is 38.2. The van der Waals surface area contributed by atoms with Crippen molar-refractivity contribution in [1.82, 2.24) is 19.6 Å². The summed E-state index contributed by atoms with van der Waals surface area (Å²) in [5.74, 6) is -1.54. The number of nitrogens with zero attached hydrogens (tertiary/aromatic N) is 4. The van der Waals surface area contributed by atoms with Crippen molar-refractivity contribution < 1.29 is 24.2 Å². The van der Waals surface area contributed by atoms with E-state index in [1.54, 1.807) is 23.6 Å². The smallest absolute Gasteiger partial charge is 0.323 e. The molecule has 2 rings (SSSR count). The van der Waals surface area contributed by atoms with E-state index in [0.29, 0.717) is 31.0 Å². The minimum Gasteiger partial charge on any atom is -0.480 e. The van der Waals surface area contributed by atoms with Crippen LogP contribution in [0.5, 0.6) is 0 Å². The van der Waals surface area contributed by atoms with Gasteiger partial charge in [-0.2, -0.15) is 5.10 Å². The predicted octanol–water partition coefficient (Wildman–Crippen LogP) is -0.189. The molecule has 1 aromatic heterocycles. The van der Waals surface area contributed by atoms with Crippen molar-refractivity contribution in [3.05, 3.63) is 17.0 Å². The number of carboxylic acids is 1. The van der Waals surface area contributed by atoms with Gasteiger partial charge in [-0.3, -0.25) is 19.1 Å². The Balaban J connectivity index is 2.08. The predicted molar refractivity (Wildman–Crippen MR) is 88.2 cm³/mol. The van der Waals surface area contributed by atoms with Crippen molar-refractivity contribution in [3.63, 3.8) is 0 Å². The molecule has 1 atom stereocenters. The molecule has 0 aromatic carbocycles. The normalized spacial score (nSPS) is 17.4. The topological polar surface area (TPSA) is 105 Å². The van der Waals surface area contributed by atoms with Gasteiger partial charge < -0.3 is 19.6 Å². The lowest BCUT2D eigenvalue weighted by Gasteiger charge is -2.35. The van der Waals surface area contributed by atoms with Crippen molar-refractivity contribution in [3.8, 4) is 0 Å². The molecule has 1 fully saturated rings. The fourth-order valence-corrected chi connectivity index (χ4v) is 2.97. The van der Waals surface area contributed by atoms with Gasteiger partial charge >= 0.3 is 5.97 Å². The van der Waals surface area contributed by atoms with Crippen LogP contribution in [0.1, 0.15) is 28.7 Å². The first-order valence-electron chi connectivity index (χ1n) is 8.09. The van der Waals surface area contributed by atoms with Crippen LogP contribution in [0, 0.1) is 13.8 Å². The summed E-state index contributed by atoms with van der Waals surface area (Å²) in [6, 6.07) is 0. The Morgan fingerprint density at radius 2 is 2.04 bits per heavy atom. The number of hydrogen-bond donors (Lipinski definition) is 1. The molecule has 0 saturated carbocycles. The molecule has 1 saturated heterocycles. The van der Waals surface area contributed by atoms with Gasteiger partial charge in [0.1, 0.15) is 6.54 Å². The molecule has 1 aliphatic rings. The summed E-state index contributed by atoms with van der Waals surface area (Å²) < 4.78 is 7.29. The fourth-order valence-electron chi connectivity index (χ4n) is 2.97. The number of aryl methyl sites for hydroxylation is 2. The number of hydrogen-bond acceptors (Lipinski definition) is 5. The minimum absolute atomic E-state index is 0.121. The van der Waals surface area contributed by atoms with Crippen LogP contribution in [-0.4, -0.2) is 81.4 Å². The second kappa shape index (κ2) is 7.64. The van der Waals surface area contributed by atoms with E-state index in [4.69, 9.17) is 9.84 Å². The monoisotopic (exact) mass is 352 g/mol. The zero-order chi connectivity index (χ0) is 18.7. The van der Waals surface area contributed by atoms with Gasteiger partial charge in [-0.25, -0.2) is 0 Å². The van der Waals surface area contributed by atoms with E-state index < -0.39 is 12.1 Å². The molecule has 1 N–H and O–H groups in total. The van der Waals surface area contributed by atoms with Gasteiger partial charge in [0, 0.05) is 39.3 Å². The molecule has 9 nitrogen and oxygen atoms in total. The Bertz CT molecular complexity index is 684. The average Bonchev–Trinajstić information content (AvgIpc) is 2.78. The van der Waals surface area contributed by atoms with E-state index in [-0.39, 0.29) is 24.9 Å². The van der Waals surface area contributed by atoms with E-state index >= 15 is 0 Å². The second-order valence-electron chi connectivity index (χ2n) is 6.21. The second-order valence-corrected chi connectivity index (χ2v) is 6.21. The van der Waals surface area contributed by atoms with E-state index in [9.17, 15) is 14.4 Å². The maximum atomic E-state index is 12.8. The molecule has 2 heterocycles. The highest BCUT2D eigenvalue weighted by Gasteiger charge is 2.30. The van der Waals surface area contributed by atoms with Gasteiger partial charge in [0.2, 0.25) is 5.91 Å². The Morgan fingerprint density at radius 1 is 1.36 bits per heavy atom. The van der Waals surface area contributed by atoms with E-state index in [2.05, 4.69) is 5.10 Å². The molecular weight excluding hydrogens is 328 g/mol. The average molecular weight is 352 g/mol. The fraction of sp³-hybridized carbons (Fsp3) is 0.625. The largest absolute Gasteiger partial charge is 0.480 e. The number of carbonyl (C=O) groups excluding carboxylic acids is 2. The number of rotatable bonds is 5. The van der Waals surface area contributed by atoms with Crippen LogP contribution in [0.15, 0.2) is 0 Å². The molecule has 0 radical (unpaired) electrons. The molecule has 138 valence electrons. The molecular formula is C16H24N4O5. The van der Waals surface area contributed by atoms with Crippen molar-refractivity contribution in [2.24, 2.45) is 7.05 Å². The van der Waals surface area contributed by atoms with Crippen LogP contribution in [0.3, 0.4) is 0 Å². The quantitative estimate of drug-likeness (QED) is 0.788. The molecule has 1 aliphatic heterocycles. The highest BCUT2D eigenvalue weighted by atomic mass is 16.5. The van der Waals surface area contributed by atoms with E-state index in [0.717, 1.165) is 5.69 Å². The van der Waals surface area contributed by atoms with Crippen LogP contribution >= 0.6 is 0 Å². The molecule has 25 heavy (non-hydrogen) atoms. The Hall–Kier alpha value is -2.42. The lowest BCUT2D eigenvalue weighted by Crippen LogP contribution is -2.51. The van der Waals surface area contributed by atoms with Crippen LogP contribution in [0.2, 0.25) is 0 Å². The number of amides is 2. The Kier molecular flexibility index (Phi) is 5.78. The lowest BCUT2D eigenvalue weighted by molar-refractivity contribution is -0.145. The van der Waals surface area contributed by atoms with Gasteiger partial charge in [-0.15, -0.1) is 0 Å². The van der Waals surface area contributed by atoms with Gasteiger partial charge in [0.25, 0.3) is 5.91 Å². The van der Waals surface area contributed by atoms with Crippen LogP contribution in [-0.2, 0) is 21.4 Å². The molecule has 9 heteroatoms. The minimum atomic E-state index is -1.08. The summed E-state index contributed by atoms with van der Waals surface area (Å²) in [6.07, 6.45) is -0.418. The van der Waals surface area contributed by atoms with Crippen molar-refractivity contribution >= 4 is 17.8 Å². The number of morpholine rings is 1. The van der Waals surface area contributed by atoms with Crippen molar-refractivity contribution in [2.45, 2.75) is 26.9 Å². The third kappa shape index (κ3) is 4.36. The summed E-state index contributed by atoms with van der Waals surface area (Å²) in [5.41, 5.74) is 2.04. The van der Waals surface area contributed by atoms with Gasteiger partial charge in [-0.1, -0.05) is 0 Å². The highest BCUT2D eigenvalue weighted by molar-refractivity contribution is 5.96. The number of aromatic nitrogens is 2. The molecule has 0 bridgehead atoms. The van der Waals surface area contributed by atoms with Crippen LogP contribution in [0.4, 0.5) is 0 Å². The Morgan fingerprint density at radius 3 is 2.56 bits per heavy atom. The standard InChI is InChI=1S/C16H24N4O5/c1-10-15(11(2)18(4)17-10)16(24)19-5-6-25-13(7-19)8-20(12(3)21)9-14(22)23/h13H,5-9H2,1-4H3,(H,22,23). The number of ether oxygens (including phenoxy) is 1. The van der Waals surface area contributed by atoms with Gasteiger partial charge in [-0.05, 0) is 13.8 Å². The number of aliphatic carboxylic acids is 1. The SMILES string of the molecule is CC(=O)N(CC(=O)O)CC1CN(C(=O)c2c(C)nn(C)c2C)CCO1. The molecule has 1 aromatic rings. The van der Waals surface area contributed by atoms with Gasteiger partial charge in [0.05, 0.1) is 24.0 Å². The van der Waals surface area contributed by atoms with Crippen LogP contribution < -0.4 is 0 Å². The first-order chi connectivity index (χ1) is 11.7. The zero-order valence-electron chi connectivity index (χ0n) is 15.0. The van der Waals surface area contributed by atoms with E-state index in [1.807, 2.05) is 6.92 Å².